The molecule has 6 heteroatoms. The van der Waals surface area contributed by atoms with Crippen LogP contribution in [0, 0.1) is 0 Å². The van der Waals surface area contributed by atoms with Crippen LogP contribution >= 0.6 is 15.9 Å². The summed E-state index contributed by atoms with van der Waals surface area (Å²) >= 11 is 3.33. The lowest BCUT2D eigenvalue weighted by Crippen LogP contribution is -2.48. The quantitative estimate of drug-likeness (QED) is 0.912. The number of morpholine rings is 1. The fourth-order valence-electron chi connectivity index (χ4n) is 2.06. The lowest BCUT2D eigenvalue weighted by molar-refractivity contribution is -0.154. The summed E-state index contributed by atoms with van der Waals surface area (Å²) in [6, 6.07) is 7.28. The van der Waals surface area contributed by atoms with Gasteiger partial charge in [-0.15, -0.1) is 0 Å². The van der Waals surface area contributed by atoms with Crippen LogP contribution in [-0.2, 0) is 14.3 Å². The monoisotopic (exact) mass is 340 g/mol. The van der Waals surface area contributed by atoms with E-state index < -0.39 is 6.10 Å². The van der Waals surface area contributed by atoms with Crippen molar-refractivity contribution in [2.24, 2.45) is 0 Å². The molecule has 1 atom stereocenters. The SMILES string of the molecule is CCN1CCO[C@@H](CC(=O)Nc2ccc(Br)cc2)C1=O. The highest BCUT2D eigenvalue weighted by Gasteiger charge is 2.30. The van der Waals surface area contributed by atoms with E-state index in [1.54, 1.807) is 17.0 Å². The number of benzene rings is 1. The van der Waals surface area contributed by atoms with E-state index in [4.69, 9.17) is 4.74 Å². The minimum absolute atomic E-state index is 0.0470. The van der Waals surface area contributed by atoms with Crippen LogP contribution < -0.4 is 5.32 Å². The number of likely N-dealkylation sites (N-methyl/N-ethyl adjacent to an activating group) is 1. The number of rotatable bonds is 4. The molecule has 1 aliphatic heterocycles. The van der Waals surface area contributed by atoms with E-state index in [-0.39, 0.29) is 18.2 Å². The molecule has 1 aromatic rings. The molecule has 1 fully saturated rings. The lowest BCUT2D eigenvalue weighted by atomic mass is 10.1. The molecule has 1 aliphatic rings. The maximum Gasteiger partial charge on any atom is 0.252 e. The zero-order valence-corrected chi connectivity index (χ0v) is 12.9. The fourth-order valence-corrected chi connectivity index (χ4v) is 2.33. The van der Waals surface area contributed by atoms with Crippen LogP contribution in [0.2, 0.25) is 0 Å². The summed E-state index contributed by atoms with van der Waals surface area (Å²) in [7, 11) is 0. The Morgan fingerprint density at radius 1 is 1.45 bits per heavy atom. The lowest BCUT2D eigenvalue weighted by Gasteiger charge is -2.31. The molecular weight excluding hydrogens is 324 g/mol. The summed E-state index contributed by atoms with van der Waals surface area (Å²) in [5.41, 5.74) is 0.703. The van der Waals surface area contributed by atoms with Crippen molar-refractivity contribution < 1.29 is 14.3 Å². The summed E-state index contributed by atoms with van der Waals surface area (Å²) < 4.78 is 6.33. The van der Waals surface area contributed by atoms with Crippen LogP contribution in [0.5, 0.6) is 0 Å². The Kier molecular flexibility index (Phi) is 5.14. The van der Waals surface area contributed by atoms with Crippen LogP contribution in [0.25, 0.3) is 0 Å². The van der Waals surface area contributed by atoms with Crippen molar-refractivity contribution in [2.45, 2.75) is 19.4 Å². The number of hydrogen-bond donors (Lipinski definition) is 1. The Bertz CT molecular complexity index is 490. The zero-order chi connectivity index (χ0) is 14.5. The van der Waals surface area contributed by atoms with E-state index in [9.17, 15) is 9.59 Å². The molecule has 2 rings (SSSR count). The highest BCUT2D eigenvalue weighted by Crippen LogP contribution is 2.16. The van der Waals surface area contributed by atoms with Gasteiger partial charge in [0.2, 0.25) is 5.91 Å². The van der Waals surface area contributed by atoms with E-state index in [0.29, 0.717) is 25.4 Å². The summed E-state index contributed by atoms with van der Waals surface area (Å²) in [5.74, 6) is -0.326. The van der Waals surface area contributed by atoms with Crippen molar-refractivity contribution in [1.29, 1.82) is 0 Å². The Morgan fingerprint density at radius 3 is 2.80 bits per heavy atom. The molecule has 0 aliphatic carbocycles. The fraction of sp³-hybridized carbons (Fsp3) is 0.429. The molecule has 0 aromatic heterocycles. The summed E-state index contributed by atoms with van der Waals surface area (Å²) in [5, 5.41) is 2.76. The number of nitrogens with zero attached hydrogens (tertiary/aromatic N) is 1. The van der Waals surface area contributed by atoms with Gasteiger partial charge in [0.25, 0.3) is 5.91 Å². The third-order valence-electron chi connectivity index (χ3n) is 3.15. The number of halogens is 1. The number of hydrogen-bond acceptors (Lipinski definition) is 3. The van der Waals surface area contributed by atoms with Gasteiger partial charge in [0, 0.05) is 23.2 Å². The normalized spacial score (nSPS) is 19.0. The molecule has 20 heavy (non-hydrogen) atoms. The van der Waals surface area contributed by atoms with Crippen LogP contribution in [0.3, 0.4) is 0 Å². The first-order valence-corrected chi connectivity index (χ1v) is 7.35. The molecule has 5 nitrogen and oxygen atoms in total. The van der Waals surface area contributed by atoms with E-state index in [2.05, 4.69) is 21.2 Å². The van der Waals surface area contributed by atoms with E-state index in [1.807, 2.05) is 19.1 Å². The topological polar surface area (TPSA) is 58.6 Å². The highest BCUT2D eigenvalue weighted by molar-refractivity contribution is 9.10. The minimum atomic E-state index is -0.667. The average molecular weight is 341 g/mol. The number of nitrogens with one attached hydrogen (secondary N) is 1. The van der Waals surface area contributed by atoms with Crippen LogP contribution in [0.1, 0.15) is 13.3 Å². The van der Waals surface area contributed by atoms with E-state index in [0.717, 1.165) is 4.47 Å². The second-order valence-electron chi connectivity index (χ2n) is 4.54. The first-order valence-electron chi connectivity index (χ1n) is 6.56. The Morgan fingerprint density at radius 2 is 2.15 bits per heavy atom. The van der Waals surface area contributed by atoms with Gasteiger partial charge in [-0.05, 0) is 31.2 Å². The van der Waals surface area contributed by atoms with Gasteiger partial charge >= 0.3 is 0 Å². The maximum absolute atomic E-state index is 12.0. The molecule has 1 aromatic carbocycles. The van der Waals surface area contributed by atoms with Gasteiger partial charge in [-0.1, -0.05) is 15.9 Å². The Labute approximate surface area is 126 Å². The molecule has 108 valence electrons. The van der Waals surface area contributed by atoms with Crippen molar-refractivity contribution in [2.75, 3.05) is 25.0 Å². The van der Waals surface area contributed by atoms with E-state index >= 15 is 0 Å². The predicted molar refractivity (Wildman–Crippen MR) is 79.4 cm³/mol. The molecule has 1 saturated heterocycles. The standard InChI is InChI=1S/C14H17BrN2O3/c1-2-17-7-8-20-12(14(17)19)9-13(18)16-11-5-3-10(15)4-6-11/h3-6,12H,2,7-9H2,1H3,(H,16,18)/t12-/m0/s1. The number of carbonyl (C=O) groups is 2. The molecule has 0 saturated carbocycles. The predicted octanol–water partition coefficient (Wildman–Crippen LogP) is 2.02. The van der Waals surface area contributed by atoms with Gasteiger partial charge in [-0.25, -0.2) is 0 Å². The summed E-state index contributed by atoms with van der Waals surface area (Å²) in [4.78, 5) is 25.6. The number of ether oxygens (including phenoxy) is 1. The smallest absolute Gasteiger partial charge is 0.252 e. The van der Waals surface area contributed by atoms with Gasteiger partial charge in [0.05, 0.1) is 13.0 Å². The zero-order valence-electron chi connectivity index (χ0n) is 11.3. The molecule has 1 heterocycles. The molecule has 0 unspecified atom stereocenters. The molecule has 1 N–H and O–H groups in total. The van der Waals surface area contributed by atoms with Crippen LogP contribution in [0.15, 0.2) is 28.7 Å². The van der Waals surface area contributed by atoms with Gasteiger partial charge in [0.1, 0.15) is 6.10 Å². The molecular formula is C14H17BrN2O3. The molecule has 0 radical (unpaired) electrons. The third-order valence-corrected chi connectivity index (χ3v) is 3.68. The van der Waals surface area contributed by atoms with Crippen molar-refractivity contribution in [1.82, 2.24) is 4.90 Å². The maximum atomic E-state index is 12.0. The van der Waals surface area contributed by atoms with Crippen molar-refractivity contribution in [3.63, 3.8) is 0 Å². The van der Waals surface area contributed by atoms with Gasteiger partial charge in [-0.3, -0.25) is 9.59 Å². The van der Waals surface area contributed by atoms with Gasteiger partial charge in [0.15, 0.2) is 0 Å². The second kappa shape index (κ2) is 6.85. The van der Waals surface area contributed by atoms with Gasteiger partial charge in [-0.2, -0.15) is 0 Å². The first-order chi connectivity index (χ1) is 9.60. The molecule has 0 bridgehead atoms. The largest absolute Gasteiger partial charge is 0.366 e. The average Bonchev–Trinajstić information content (AvgIpc) is 2.44. The van der Waals surface area contributed by atoms with Crippen LogP contribution in [-0.4, -0.2) is 42.5 Å². The number of carbonyl (C=O) groups excluding carboxylic acids is 2. The second-order valence-corrected chi connectivity index (χ2v) is 5.45. The minimum Gasteiger partial charge on any atom is -0.366 e. The first kappa shape index (κ1) is 15.0. The van der Waals surface area contributed by atoms with E-state index in [1.165, 1.54) is 0 Å². The van der Waals surface area contributed by atoms with Crippen molar-refractivity contribution >= 4 is 33.4 Å². The summed E-state index contributed by atoms with van der Waals surface area (Å²) in [6.45, 7) is 3.64. The summed E-state index contributed by atoms with van der Waals surface area (Å²) in [6.07, 6.45) is -0.620. The highest BCUT2D eigenvalue weighted by atomic mass is 79.9. The third kappa shape index (κ3) is 3.80. The molecule has 2 amide bonds. The van der Waals surface area contributed by atoms with Crippen molar-refractivity contribution in [3.8, 4) is 0 Å². The van der Waals surface area contributed by atoms with Crippen molar-refractivity contribution in [3.05, 3.63) is 28.7 Å². The van der Waals surface area contributed by atoms with Crippen LogP contribution in [0.4, 0.5) is 5.69 Å². The number of amides is 2. The Balaban J connectivity index is 1.90. The van der Waals surface area contributed by atoms with Gasteiger partial charge < -0.3 is 15.0 Å². The Hall–Kier alpha value is -1.40. The molecule has 0 spiro atoms. The number of anilines is 1.